The van der Waals surface area contributed by atoms with Crippen LogP contribution in [-0.2, 0) is 19.1 Å². The lowest BCUT2D eigenvalue weighted by atomic mass is 10.1. The number of likely N-dealkylation sites (tertiary alicyclic amines) is 1. The zero-order chi connectivity index (χ0) is 22.4. The van der Waals surface area contributed by atoms with Gasteiger partial charge >= 0.3 is 12.1 Å². The Morgan fingerprint density at radius 1 is 1.03 bits per heavy atom. The number of nitrogens with one attached hydrogen (secondary N) is 1. The van der Waals surface area contributed by atoms with Crippen molar-refractivity contribution in [3.8, 4) is 0 Å². The molecular formula is C21H25N3O7. The SMILES string of the molecule is CCOC(=O)N1CCC(NC(=O)COC(=O)CCN2C(=O)c3ccccc3C2=O)CC1. The number of fused-ring (bicyclic) bond motifs is 1. The van der Waals surface area contributed by atoms with E-state index in [1.54, 1.807) is 36.1 Å². The molecule has 4 amide bonds. The Bertz CT molecular complexity index is 842. The third kappa shape index (κ3) is 5.39. The van der Waals surface area contributed by atoms with Crippen molar-refractivity contribution in [3.05, 3.63) is 35.4 Å². The molecule has 0 radical (unpaired) electrons. The predicted molar refractivity (Wildman–Crippen MR) is 107 cm³/mol. The van der Waals surface area contributed by atoms with Gasteiger partial charge in [-0.2, -0.15) is 0 Å². The van der Waals surface area contributed by atoms with Crippen molar-refractivity contribution >= 4 is 29.8 Å². The molecule has 1 N–H and O–H groups in total. The van der Waals surface area contributed by atoms with Gasteiger partial charge in [-0.25, -0.2) is 4.79 Å². The van der Waals surface area contributed by atoms with Crippen LogP contribution in [0.5, 0.6) is 0 Å². The van der Waals surface area contributed by atoms with Gasteiger partial charge in [-0.05, 0) is 31.9 Å². The van der Waals surface area contributed by atoms with Crippen LogP contribution in [0.25, 0.3) is 0 Å². The topological polar surface area (TPSA) is 122 Å². The average Bonchev–Trinajstić information content (AvgIpc) is 3.01. The number of esters is 1. The fourth-order valence-corrected chi connectivity index (χ4v) is 3.55. The van der Waals surface area contributed by atoms with E-state index in [1.807, 2.05) is 0 Å². The molecule has 1 saturated heterocycles. The first kappa shape index (κ1) is 22.3. The number of nitrogens with zero attached hydrogens (tertiary/aromatic N) is 2. The highest BCUT2D eigenvalue weighted by Gasteiger charge is 2.35. The number of hydrogen-bond acceptors (Lipinski definition) is 7. The highest BCUT2D eigenvalue weighted by atomic mass is 16.6. The van der Waals surface area contributed by atoms with Crippen LogP contribution in [0.2, 0.25) is 0 Å². The number of ether oxygens (including phenoxy) is 2. The summed E-state index contributed by atoms with van der Waals surface area (Å²) >= 11 is 0. The van der Waals surface area contributed by atoms with Gasteiger partial charge < -0.3 is 19.7 Å². The molecule has 10 nitrogen and oxygen atoms in total. The zero-order valence-electron chi connectivity index (χ0n) is 17.3. The summed E-state index contributed by atoms with van der Waals surface area (Å²) in [5, 5.41) is 2.78. The van der Waals surface area contributed by atoms with E-state index >= 15 is 0 Å². The molecule has 2 aliphatic rings. The van der Waals surface area contributed by atoms with Gasteiger partial charge in [-0.15, -0.1) is 0 Å². The molecule has 0 spiro atoms. The summed E-state index contributed by atoms with van der Waals surface area (Å²) in [5.74, 6) is -2.01. The zero-order valence-corrected chi connectivity index (χ0v) is 17.3. The molecule has 0 saturated carbocycles. The fourth-order valence-electron chi connectivity index (χ4n) is 3.55. The number of hydrogen-bond donors (Lipinski definition) is 1. The number of amides is 4. The van der Waals surface area contributed by atoms with E-state index in [4.69, 9.17) is 9.47 Å². The van der Waals surface area contributed by atoms with Gasteiger partial charge in [0.1, 0.15) is 0 Å². The minimum atomic E-state index is -0.677. The summed E-state index contributed by atoms with van der Waals surface area (Å²) in [5.41, 5.74) is 0.628. The van der Waals surface area contributed by atoms with Crippen molar-refractivity contribution in [3.63, 3.8) is 0 Å². The summed E-state index contributed by atoms with van der Waals surface area (Å²) in [6.45, 7) is 2.45. The second-order valence-electron chi connectivity index (χ2n) is 7.25. The first-order chi connectivity index (χ1) is 14.9. The van der Waals surface area contributed by atoms with Crippen molar-refractivity contribution in [1.29, 1.82) is 0 Å². The van der Waals surface area contributed by atoms with Crippen LogP contribution < -0.4 is 5.32 Å². The highest BCUT2D eigenvalue weighted by molar-refractivity contribution is 6.21. The summed E-state index contributed by atoms with van der Waals surface area (Å²) in [6, 6.07) is 6.35. The maximum atomic E-state index is 12.3. The van der Waals surface area contributed by atoms with Crippen molar-refractivity contribution in [2.24, 2.45) is 0 Å². The lowest BCUT2D eigenvalue weighted by molar-refractivity contribution is -0.148. The molecule has 3 rings (SSSR count). The van der Waals surface area contributed by atoms with Gasteiger partial charge in [0, 0.05) is 25.7 Å². The van der Waals surface area contributed by atoms with Crippen molar-refractivity contribution in [2.75, 3.05) is 32.8 Å². The van der Waals surface area contributed by atoms with E-state index in [0.29, 0.717) is 43.7 Å². The monoisotopic (exact) mass is 431 g/mol. The lowest BCUT2D eigenvalue weighted by Crippen LogP contribution is -2.47. The maximum absolute atomic E-state index is 12.3. The molecule has 1 aromatic rings. The van der Waals surface area contributed by atoms with Crippen LogP contribution in [-0.4, -0.2) is 78.5 Å². The van der Waals surface area contributed by atoms with Crippen molar-refractivity contribution < 1.29 is 33.4 Å². The van der Waals surface area contributed by atoms with E-state index in [0.717, 1.165) is 4.90 Å². The van der Waals surface area contributed by atoms with Crippen molar-refractivity contribution in [1.82, 2.24) is 15.1 Å². The molecule has 0 unspecified atom stereocenters. The Balaban J connectivity index is 1.35. The van der Waals surface area contributed by atoms with Crippen LogP contribution in [0, 0.1) is 0 Å². The Kier molecular flexibility index (Phi) is 7.22. The molecular weight excluding hydrogens is 406 g/mol. The average molecular weight is 431 g/mol. The summed E-state index contributed by atoms with van der Waals surface area (Å²) < 4.78 is 9.91. The number of piperidine rings is 1. The minimum Gasteiger partial charge on any atom is -0.456 e. The number of benzene rings is 1. The van der Waals surface area contributed by atoms with Gasteiger partial charge in [0.15, 0.2) is 6.61 Å². The fraction of sp³-hybridized carbons (Fsp3) is 0.476. The molecule has 1 fully saturated rings. The third-order valence-electron chi connectivity index (χ3n) is 5.17. The Morgan fingerprint density at radius 3 is 2.23 bits per heavy atom. The first-order valence-electron chi connectivity index (χ1n) is 10.2. The van der Waals surface area contributed by atoms with Crippen molar-refractivity contribution in [2.45, 2.75) is 32.2 Å². The maximum Gasteiger partial charge on any atom is 0.409 e. The Hall–Kier alpha value is -3.43. The molecule has 1 aromatic carbocycles. The van der Waals surface area contributed by atoms with E-state index in [1.165, 1.54) is 0 Å². The summed E-state index contributed by atoms with van der Waals surface area (Å²) in [4.78, 5) is 62.8. The molecule has 2 aliphatic heterocycles. The van der Waals surface area contributed by atoms with Crippen LogP contribution in [0.15, 0.2) is 24.3 Å². The van der Waals surface area contributed by atoms with Crippen LogP contribution in [0.1, 0.15) is 46.9 Å². The largest absolute Gasteiger partial charge is 0.456 e. The highest BCUT2D eigenvalue weighted by Crippen LogP contribution is 2.22. The van der Waals surface area contributed by atoms with Gasteiger partial charge in [0.2, 0.25) is 0 Å². The molecule has 31 heavy (non-hydrogen) atoms. The number of carbonyl (C=O) groups excluding carboxylic acids is 5. The molecule has 0 aromatic heterocycles. The third-order valence-corrected chi connectivity index (χ3v) is 5.17. The second-order valence-corrected chi connectivity index (χ2v) is 7.25. The molecule has 166 valence electrons. The molecule has 10 heteroatoms. The molecule has 2 heterocycles. The summed E-state index contributed by atoms with van der Waals surface area (Å²) in [6.07, 6.45) is 0.604. The quantitative estimate of drug-likeness (QED) is 0.504. The van der Waals surface area contributed by atoms with Gasteiger partial charge in [0.25, 0.3) is 17.7 Å². The number of rotatable bonds is 7. The first-order valence-corrected chi connectivity index (χ1v) is 10.2. The Labute approximate surface area is 179 Å². The van der Waals surface area contributed by atoms with Crippen LogP contribution in [0.4, 0.5) is 4.79 Å². The van der Waals surface area contributed by atoms with E-state index in [2.05, 4.69) is 5.32 Å². The van der Waals surface area contributed by atoms with E-state index in [-0.39, 0.29) is 25.1 Å². The van der Waals surface area contributed by atoms with Gasteiger partial charge in [-0.3, -0.25) is 24.1 Å². The van der Waals surface area contributed by atoms with E-state index in [9.17, 15) is 24.0 Å². The lowest BCUT2D eigenvalue weighted by Gasteiger charge is -2.31. The van der Waals surface area contributed by atoms with Crippen LogP contribution >= 0.6 is 0 Å². The number of carbonyl (C=O) groups is 5. The molecule has 0 bridgehead atoms. The normalized spacial score (nSPS) is 16.2. The smallest absolute Gasteiger partial charge is 0.409 e. The molecule has 0 aliphatic carbocycles. The van der Waals surface area contributed by atoms with Crippen LogP contribution in [0.3, 0.4) is 0 Å². The molecule has 0 atom stereocenters. The predicted octanol–water partition coefficient (Wildman–Crippen LogP) is 0.953. The van der Waals surface area contributed by atoms with E-state index < -0.39 is 30.3 Å². The van der Waals surface area contributed by atoms with Gasteiger partial charge in [-0.1, -0.05) is 12.1 Å². The minimum absolute atomic E-state index is 0.112. The number of imide groups is 1. The van der Waals surface area contributed by atoms with Gasteiger partial charge in [0.05, 0.1) is 24.2 Å². The summed E-state index contributed by atoms with van der Waals surface area (Å²) in [7, 11) is 0. The Morgan fingerprint density at radius 2 is 1.65 bits per heavy atom. The standard InChI is InChI=1S/C21H25N3O7/c1-2-30-21(29)23-10-7-14(8-11-23)22-17(25)13-31-18(26)9-12-24-19(27)15-5-3-4-6-16(15)20(24)28/h3-6,14H,2,7-13H2,1H3,(H,22,25). The second kappa shape index (κ2) is 10.1.